The maximum atomic E-state index is 5.55. The molecule has 0 saturated heterocycles. The lowest BCUT2D eigenvalue weighted by Crippen LogP contribution is -2.30. The number of nitrogens with two attached hydrogens (primary N) is 1. The molecule has 0 unspecified atom stereocenters. The van der Waals surface area contributed by atoms with E-state index in [4.69, 9.17) is 5.73 Å². The number of allylic oxidation sites excluding steroid dienone is 3. The van der Waals surface area contributed by atoms with Crippen LogP contribution in [0.2, 0.25) is 0 Å². The van der Waals surface area contributed by atoms with E-state index < -0.39 is 0 Å². The molecule has 1 heterocycles. The molecule has 6 rings (SSSR count). The first-order valence-corrected chi connectivity index (χ1v) is 20.7. The number of nitrogens with one attached hydrogen (secondary N) is 1. The molecule has 0 atom stereocenters. The zero-order valence-corrected chi connectivity index (χ0v) is 35.1. The van der Waals surface area contributed by atoms with E-state index in [2.05, 4.69) is 156 Å². The molecular weight excluding hydrogens is 651 g/mol. The standard InChI is InChI=1S/C21H20N2S.C11H16.C9H13N.C3H8.2C2H6/c1-2-10-18-16(7-1)8-5-9-17(18)15-24-20-12-4-3-11-19(20)21-22-13-6-14-23-21;1-4-10-7-6-9(3)8-11(10)5-2;1-7-5-3-4-6-9(7)8(2)10;1-3-2;2*1-2/h1-5,7-12H,6,13-15H2,(H,22,23);6-8H,4-5H2,1-3H3;5-6H,2-4,10H2,1H3;3H2,1-2H3;2*1-2H3. The number of hydrogen-bond donors (Lipinski definition) is 2. The van der Waals surface area contributed by atoms with Crippen molar-refractivity contribution in [2.45, 2.75) is 118 Å². The van der Waals surface area contributed by atoms with Crippen LogP contribution in [-0.2, 0) is 18.6 Å². The molecule has 0 aromatic heterocycles. The first-order chi connectivity index (χ1) is 25.3. The van der Waals surface area contributed by atoms with Gasteiger partial charge < -0.3 is 11.1 Å². The molecule has 3 nitrogen and oxygen atoms in total. The van der Waals surface area contributed by atoms with Gasteiger partial charge in [0.2, 0.25) is 0 Å². The number of amidine groups is 1. The van der Waals surface area contributed by atoms with Crippen LogP contribution < -0.4 is 11.1 Å². The minimum Gasteiger partial charge on any atom is -0.399 e. The van der Waals surface area contributed by atoms with E-state index in [1.165, 1.54) is 55.5 Å². The minimum absolute atomic E-state index is 0.688. The third-order valence-corrected chi connectivity index (χ3v) is 9.28. The second kappa shape index (κ2) is 27.6. The third-order valence-electron chi connectivity index (χ3n) is 8.16. The van der Waals surface area contributed by atoms with E-state index in [1.54, 1.807) is 0 Å². The van der Waals surface area contributed by atoms with Crippen molar-refractivity contribution >= 4 is 28.4 Å². The number of nitrogens with zero attached hydrogens (tertiary/aromatic N) is 1. The number of aliphatic imine (C=N–C) groups is 1. The number of benzene rings is 4. The summed E-state index contributed by atoms with van der Waals surface area (Å²) in [6, 6.07) is 30.5. The molecule has 2 aliphatic rings. The van der Waals surface area contributed by atoms with Crippen molar-refractivity contribution in [2.24, 2.45) is 10.7 Å². The van der Waals surface area contributed by atoms with Gasteiger partial charge >= 0.3 is 0 Å². The van der Waals surface area contributed by atoms with Crippen molar-refractivity contribution in [3.63, 3.8) is 0 Å². The summed E-state index contributed by atoms with van der Waals surface area (Å²) in [6.07, 6.45) is 11.3. The third kappa shape index (κ3) is 15.7. The Morgan fingerprint density at radius 1 is 0.769 bits per heavy atom. The Labute approximate surface area is 323 Å². The highest BCUT2D eigenvalue weighted by Crippen LogP contribution is 2.30. The monoisotopic (exact) mass is 720 g/mol. The van der Waals surface area contributed by atoms with Crippen molar-refractivity contribution in [2.75, 3.05) is 13.1 Å². The fourth-order valence-corrected chi connectivity index (χ4v) is 6.74. The molecule has 282 valence electrons. The van der Waals surface area contributed by atoms with Gasteiger partial charge in [-0.3, -0.25) is 4.99 Å². The van der Waals surface area contributed by atoms with Crippen LogP contribution in [0.1, 0.15) is 116 Å². The van der Waals surface area contributed by atoms with Crippen LogP contribution in [0.3, 0.4) is 0 Å². The number of thioether (sulfide) groups is 1. The van der Waals surface area contributed by atoms with Gasteiger partial charge in [-0.05, 0) is 90.6 Å². The lowest BCUT2D eigenvalue weighted by Gasteiger charge is -2.17. The van der Waals surface area contributed by atoms with Crippen LogP contribution in [0.4, 0.5) is 0 Å². The Morgan fingerprint density at radius 3 is 2.02 bits per heavy atom. The number of rotatable bonds is 7. The molecule has 1 aliphatic heterocycles. The highest BCUT2D eigenvalue weighted by molar-refractivity contribution is 7.98. The molecule has 0 bridgehead atoms. The summed E-state index contributed by atoms with van der Waals surface area (Å²) in [6.45, 7) is 26.5. The van der Waals surface area contributed by atoms with Crippen molar-refractivity contribution in [1.29, 1.82) is 0 Å². The SMILES string of the molecule is C=C(N)C1=CCCC=C1C.CC.CC.CCC.CCc1ccc(C)cc1CC.c1ccc(C2=NCCCN2)c(SCc2cccc3ccccc23)c1. The van der Waals surface area contributed by atoms with Crippen LogP contribution in [-0.4, -0.2) is 18.9 Å². The topological polar surface area (TPSA) is 50.4 Å². The van der Waals surface area contributed by atoms with Crippen molar-refractivity contribution in [3.8, 4) is 0 Å². The summed E-state index contributed by atoms with van der Waals surface area (Å²) < 4.78 is 0. The highest BCUT2D eigenvalue weighted by Gasteiger charge is 2.12. The van der Waals surface area contributed by atoms with E-state index in [0.717, 1.165) is 62.4 Å². The highest BCUT2D eigenvalue weighted by atomic mass is 32.2. The second-order valence-electron chi connectivity index (χ2n) is 12.2. The van der Waals surface area contributed by atoms with Crippen LogP contribution in [0, 0.1) is 6.92 Å². The molecule has 0 spiro atoms. The summed E-state index contributed by atoms with van der Waals surface area (Å²) in [7, 11) is 0. The Morgan fingerprint density at radius 2 is 1.40 bits per heavy atom. The molecule has 1 aliphatic carbocycles. The number of hydrogen-bond acceptors (Lipinski definition) is 4. The first kappa shape index (κ1) is 46.0. The van der Waals surface area contributed by atoms with Gasteiger partial charge in [0.1, 0.15) is 5.84 Å². The van der Waals surface area contributed by atoms with Crippen LogP contribution in [0.15, 0.2) is 130 Å². The van der Waals surface area contributed by atoms with E-state index >= 15 is 0 Å². The normalized spacial score (nSPS) is 12.7. The van der Waals surface area contributed by atoms with E-state index in [9.17, 15) is 0 Å². The zero-order valence-electron chi connectivity index (χ0n) is 34.2. The largest absolute Gasteiger partial charge is 0.399 e. The fourth-order valence-electron chi connectivity index (χ4n) is 5.69. The zero-order chi connectivity index (χ0) is 38.7. The smallest absolute Gasteiger partial charge is 0.129 e. The number of aryl methyl sites for hydroxylation is 3. The van der Waals surface area contributed by atoms with Gasteiger partial charge in [0, 0.05) is 35.0 Å². The summed E-state index contributed by atoms with van der Waals surface area (Å²) >= 11 is 1.89. The van der Waals surface area contributed by atoms with Gasteiger partial charge in [0.05, 0.1) is 0 Å². The summed E-state index contributed by atoms with van der Waals surface area (Å²) in [5, 5.41) is 6.09. The fraction of sp³-hybridized carbons (Fsp3) is 0.396. The predicted molar refractivity (Wildman–Crippen MR) is 237 cm³/mol. The van der Waals surface area contributed by atoms with Gasteiger partial charge in [0.25, 0.3) is 0 Å². The van der Waals surface area contributed by atoms with Crippen molar-refractivity contribution < 1.29 is 0 Å². The van der Waals surface area contributed by atoms with Crippen LogP contribution >= 0.6 is 11.8 Å². The Kier molecular flexibility index (Phi) is 24.4. The molecule has 0 radical (unpaired) electrons. The molecular formula is C48H69N3S. The average molecular weight is 720 g/mol. The number of fused-ring (bicyclic) bond motifs is 1. The van der Waals surface area contributed by atoms with Crippen molar-refractivity contribution in [1.82, 2.24) is 5.32 Å². The lowest BCUT2D eigenvalue weighted by molar-refractivity contribution is 0.741. The van der Waals surface area contributed by atoms with Gasteiger partial charge in [0.15, 0.2) is 0 Å². The van der Waals surface area contributed by atoms with E-state index in [-0.39, 0.29) is 0 Å². The van der Waals surface area contributed by atoms with Crippen LogP contribution in [0.25, 0.3) is 10.8 Å². The Bertz CT molecular complexity index is 1690. The second-order valence-corrected chi connectivity index (χ2v) is 13.2. The van der Waals surface area contributed by atoms with E-state index in [0.29, 0.717) is 5.70 Å². The summed E-state index contributed by atoms with van der Waals surface area (Å²) in [4.78, 5) is 5.95. The molecule has 0 saturated carbocycles. The maximum Gasteiger partial charge on any atom is 0.129 e. The first-order valence-electron chi connectivity index (χ1n) is 19.7. The molecule has 0 amide bonds. The molecule has 4 aromatic rings. The lowest BCUT2D eigenvalue weighted by atomic mass is 9.97. The Balaban J connectivity index is 0.000000403. The van der Waals surface area contributed by atoms with Gasteiger partial charge in [-0.15, -0.1) is 11.8 Å². The predicted octanol–water partition coefficient (Wildman–Crippen LogP) is 13.6. The van der Waals surface area contributed by atoms with Crippen LogP contribution in [0.5, 0.6) is 0 Å². The minimum atomic E-state index is 0.688. The van der Waals surface area contributed by atoms with Gasteiger partial charge in [-0.2, -0.15) is 0 Å². The summed E-state index contributed by atoms with van der Waals surface area (Å²) in [5.41, 5.74) is 15.6. The van der Waals surface area contributed by atoms with Gasteiger partial charge in [-0.1, -0.05) is 165 Å². The molecule has 3 N–H and O–H groups in total. The maximum absolute atomic E-state index is 5.55. The molecule has 4 heteroatoms. The van der Waals surface area contributed by atoms with Crippen molar-refractivity contribution in [3.05, 3.63) is 148 Å². The Hall–Kier alpha value is -4.02. The molecule has 0 fully saturated rings. The summed E-state index contributed by atoms with van der Waals surface area (Å²) in [5.74, 6) is 2.01. The quantitative estimate of drug-likeness (QED) is 0.187. The van der Waals surface area contributed by atoms with Gasteiger partial charge in [-0.25, -0.2) is 0 Å². The molecule has 52 heavy (non-hydrogen) atoms. The average Bonchev–Trinajstić information content (AvgIpc) is 3.20. The van der Waals surface area contributed by atoms with E-state index in [1.807, 2.05) is 39.5 Å². The molecule has 4 aromatic carbocycles.